The second-order valence-corrected chi connectivity index (χ2v) is 8.58. The first kappa shape index (κ1) is 21.1. The highest BCUT2D eigenvalue weighted by atomic mass is 35.5. The molecule has 5 rings (SSSR count). The van der Waals surface area contributed by atoms with Crippen LogP contribution < -0.4 is 5.73 Å². The fourth-order valence-corrected chi connectivity index (χ4v) is 4.70. The van der Waals surface area contributed by atoms with Gasteiger partial charge in [0.25, 0.3) is 0 Å². The summed E-state index contributed by atoms with van der Waals surface area (Å²) in [6.45, 7) is 0.541. The lowest BCUT2D eigenvalue weighted by Crippen LogP contribution is -2.11. The van der Waals surface area contributed by atoms with E-state index in [2.05, 4.69) is 16.7 Å². The number of carbonyl (C=O) groups excluding carboxylic acids is 1. The first-order valence-electron chi connectivity index (χ1n) is 10.2. The molecule has 0 aliphatic carbocycles. The van der Waals surface area contributed by atoms with Gasteiger partial charge in [0.1, 0.15) is 0 Å². The Morgan fingerprint density at radius 3 is 2.52 bits per heavy atom. The Balaban J connectivity index is 1.78. The number of hydrogen-bond acceptors (Lipinski definition) is 2. The Bertz CT molecular complexity index is 1590. The zero-order valence-corrected chi connectivity index (χ0v) is 18.8. The van der Waals surface area contributed by atoms with Gasteiger partial charge in [-0.1, -0.05) is 47.5 Å². The molecule has 159 valence electrons. The first-order valence-corrected chi connectivity index (χ1v) is 10.9. The maximum atomic E-state index is 12.2. The second kappa shape index (κ2) is 8.29. The number of nitrogens with two attached hydrogens (primary N) is 1. The lowest BCUT2D eigenvalue weighted by molar-refractivity contribution is 0.100. The van der Waals surface area contributed by atoms with Gasteiger partial charge in [-0.25, -0.2) is 0 Å². The maximum Gasteiger partial charge on any atom is 0.249 e. The van der Waals surface area contributed by atoms with Crippen LogP contribution in [0, 0.1) is 17.4 Å². The zero-order chi connectivity index (χ0) is 23.1. The van der Waals surface area contributed by atoms with Gasteiger partial charge in [0.15, 0.2) is 0 Å². The third-order valence-electron chi connectivity index (χ3n) is 5.73. The van der Waals surface area contributed by atoms with Gasteiger partial charge in [-0.15, -0.1) is 0 Å². The molecule has 0 aliphatic rings. The Morgan fingerprint density at radius 2 is 1.82 bits per heavy atom. The zero-order valence-electron chi connectivity index (χ0n) is 17.3. The lowest BCUT2D eigenvalue weighted by Gasteiger charge is -2.10. The van der Waals surface area contributed by atoms with Crippen LogP contribution in [-0.2, 0) is 6.54 Å². The van der Waals surface area contributed by atoms with Crippen molar-refractivity contribution < 1.29 is 4.79 Å². The molecule has 0 aliphatic heterocycles. The van der Waals surface area contributed by atoms with Crippen molar-refractivity contribution in [3.8, 4) is 17.2 Å². The van der Waals surface area contributed by atoms with Gasteiger partial charge in [-0.2, -0.15) is 5.26 Å². The van der Waals surface area contributed by atoms with Gasteiger partial charge in [0, 0.05) is 38.5 Å². The fourth-order valence-electron chi connectivity index (χ4n) is 4.18. The van der Waals surface area contributed by atoms with E-state index in [-0.39, 0.29) is 0 Å². The number of hydrogen-bond donors (Lipinski definition) is 1. The number of aromatic nitrogens is 1. The highest BCUT2D eigenvalue weighted by Gasteiger charge is 2.18. The summed E-state index contributed by atoms with van der Waals surface area (Å²) in [4.78, 5) is 12.2. The van der Waals surface area contributed by atoms with Crippen molar-refractivity contribution in [2.75, 3.05) is 0 Å². The first-order chi connectivity index (χ1) is 16.0. The number of halogens is 2. The van der Waals surface area contributed by atoms with Crippen LogP contribution in [0.4, 0.5) is 0 Å². The Labute approximate surface area is 200 Å². The smallest absolute Gasteiger partial charge is 0.249 e. The van der Waals surface area contributed by atoms with Crippen LogP contribution in [0.5, 0.6) is 0 Å². The molecule has 0 atom stereocenters. The third kappa shape index (κ3) is 3.72. The van der Waals surface area contributed by atoms with Crippen molar-refractivity contribution in [1.29, 1.82) is 5.26 Å². The van der Waals surface area contributed by atoms with Crippen molar-refractivity contribution in [1.82, 2.24) is 4.57 Å². The van der Waals surface area contributed by atoms with Crippen LogP contribution in [-0.4, -0.2) is 10.5 Å². The van der Waals surface area contributed by atoms with E-state index in [1.165, 1.54) is 0 Å². The van der Waals surface area contributed by atoms with Crippen molar-refractivity contribution >= 4 is 50.9 Å². The van der Waals surface area contributed by atoms with E-state index in [1.54, 1.807) is 30.3 Å². The van der Waals surface area contributed by atoms with E-state index in [9.17, 15) is 4.79 Å². The molecule has 4 aromatic carbocycles. The summed E-state index contributed by atoms with van der Waals surface area (Å²) in [5.41, 5.74) is 11.3. The summed E-state index contributed by atoms with van der Waals surface area (Å²) in [5, 5.41) is 11.8. The summed E-state index contributed by atoms with van der Waals surface area (Å²) in [5.74, 6) is -0.490. The van der Waals surface area contributed by atoms with Gasteiger partial charge >= 0.3 is 0 Å². The molecule has 0 saturated carbocycles. The van der Waals surface area contributed by atoms with E-state index in [4.69, 9.17) is 34.2 Å². The molecule has 0 fully saturated rings. The van der Waals surface area contributed by atoms with Gasteiger partial charge in [0.05, 0.1) is 22.7 Å². The van der Waals surface area contributed by atoms with Crippen LogP contribution in [0.1, 0.15) is 21.5 Å². The molecule has 6 heteroatoms. The standard InChI is InChI=1S/C27H16Cl2N3O/c28-19-9-11-20(23(29)13-19)18-8-10-21-25(12-18)32(15-17-6-4-16(14-30)5-7-17)24-3-1-2-22(26(21)24)27(31)33/h1-9,11-13H,15H2,(H2,31,33). The van der Waals surface area contributed by atoms with E-state index < -0.39 is 5.91 Å². The van der Waals surface area contributed by atoms with Crippen molar-refractivity contribution in [2.45, 2.75) is 6.54 Å². The molecule has 0 unspecified atom stereocenters. The highest BCUT2D eigenvalue weighted by Crippen LogP contribution is 2.37. The Kier molecular flexibility index (Phi) is 5.30. The molecule has 33 heavy (non-hydrogen) atoms. The molecule has 4 nitrogen and oxygen atoms in total. The van der Waals surface area contributed by atoms with Crippen molar-refractivity contribution in [2.24, 2.45) is 5.73 Å². The quantitative estimate of drug-likeness (QED) is 0.323. The SMILES string of the molecule is N#Cc1ccc(Cn2c3cc(-c4ccc(Cl)cc4Cl)c[c]c3c3c(C(N)=O)cccc32)cc1. The molecule has 2 N–H and O–H groups in total. The van der Waals surface area contributed by atoms with Crippen molar-refractivity contribution in [3.63, 3.8) is 0 Å². The molecule has 1 heterocycles. The highest BCUT2D eigenvalue weighted by molar-refractivity contribution is 6.36. The molecule has 1 radical (unpaired) electrons. The summed E-state index contributed by atoms with van der Waals surface area (Å²) < 4.78 is 2.13. The number of amides is 1. The average Bonchev–Trinajstić information content (AvgIpc) is 3.12. The summed E-state index contributed by atoms with van der Waals surface area (Å²) >= 11 is 12.5. The molecule has 0 bridgehead atoms. The molecule has 0 saturated heterocycles. The number of fused-ring (bicyclic) bond motifs is 3. The summed E-state index contributed by atoms with van der Waals surface area (Å²) in [7, 11) is 0. The fraction of sp³-hybridized carbons (Fsp3) is 0.0370. The second-order valence-electron chi connectivity index (χ2n) is 7.73. The topological polar surface area (TPSA) is 71.8 Å². The third-order valence-corrected chi connectivity index (χ3v) is 6.27. The number of nitriles is 1. The number of rotatable bonds is 4. The van der Waals surface area contributed by atoms with Gasteiger partial charge < -0.3 is 10.3 Å². The minimum Gasteiger partial charge on any atom is -0.366 e. The summed E-state index contributed by atoms with van der Waals surface area (Å²) in [6, 6.07) is 27.8. The molecule has 1 aromatic heterocycles. The van der Waals surface area contributed by atoms with E-state index >= 15 is 0 Å². The number of nitrogens with zero attached hydrogens (tertiary/aromatic N) is 2. The predicted molar refractivity (Wildman–Crippen MR) is 133 cm³/mol. The predicted octanol–water partition coefficient (Wildman–Crippen LogP) is 6.59. The van der Waals surface area contributed by atoms with E-state index in [0.29, 0.717) is 27.7 Å². The van der Waals surface area contributed by atoms with Crippen molar-refractivity contribution in [3.05, 3.63) is 106 Å². The lowest BCUT2D eigenvalue weighted by atomic mass is 10.0. The normalized spacial score (nSPS) is 11.1. The monoisotopic (exact) mass is 468 g/mol. The van der Waals surface area contributed by atoms with Crippen LogP contribution in [0.15, 0.2) is 72.8 Å². The van der Waals surface area contributed by atoms with E-state index in [1.807, 2.05) is 42.5 Å². The Morgan fingerprint density at radius 1 is 1.03 bits per heavy atom. The molecule has 0 spiro atoms. The minimum absolute atomic E-state index is 0.449. The number of carbonyl (C=O) groups is 1. The number of primary amides is 1. The Hall–Kier alpha value is -3.78. The largest absolute Gasteiger partial charge is 0.366 e. The average molecular weight is 469 g/mol. The van der Waals surface area contributed by atoms with Gasteiger partial charge in [-0.3, -0.25) is 4.79 Å². The van der Waals surface area contributed by atoms with Crippen LogP contribution in [0.2, 0.25) is 10.0 Å². The molecular weight excluding hydrogens is 453 g/mol. The van der Waals surface area contributed by atoms with Crippen LogP contribution >= 0.6 is 23.2 Å². The molecule has 1 amide bonds. The van der Waals surface area contributed by atoms with Crippen LogP contribution in [0.3, 0.4) is 0 Å². The summed E-state index contributed by atoms with van der Waals surface area (Å²) in [6.07, 6.45) is 0. The maximum absolute atomic E-state index is 12.2. The molecule has 5 aromatic rings. The van der Waals surface area contributed by atoms with E-state index in [0.717, 1.165) is 38.5 Å². The molecular formula is C27H16Cl2N3O. The van der Waals surface area contributed by atoms with Gasteiger partial charge in [0.2, 0.25) is 5.91 Å². The number of benzene rings is 4. The van der Waals surface area contributed by atoms with Crippen LogP contribution in [0.25, 0.3) is 32.9 Å². The minimum atomic E-state index is -0.490. The van der Waals surface area contributed by atoms with Gasteiger partial charge in [-0.05, 0) is 65.7 Å².